The lowest BCUT2D eigenvalue weighted by atomic mass is 10.1. The molecule has 1 unspecified atom stereocenters. The molecule has 1 aromatic carbocycles. The molecular weight excluding hydrogens is 218 g/mol. The second-order valence-electron chi connectivity index (χ2n) is 4.16. The van der Waals surface area contributed by atoms with Crippen molar-refractivity contribution in [2.24, 2.45) is 0 Å². The van der Waals surface area contributed by atoms with Gasteiger partial charge in [0.2, 0.25) is 0 Å². The number of rotatable bonds is 6. The molecule has 0 radical (unpaired) electrons. The minimum atomic E-state index is -0.129. The molecule has 2 N–H and O–H groups in total. The van der Waals surface area contributed by atoms with E-state index in [1.165, 1.54) is 0 Å². The Balaban J connectivity index is 3.01. The van der Waals surface area contributed by atoms with E-state index in [9.17, 15) is 5.11 Å². The highest BCUT2D eigenvalue weighted by molar-refractivity contribution is 5.42. The topological polar surface area (TPSA) is 50.7 Å². The third kappa shape index (κ3) is 3.61. The summed E-state index contributed by atoms with van der Waals surface area (Å²) < 4.78 is 10.5. The average molecular weight is 239 g/mol. The first kappa shape index (κ1) is 13.8. The molecule has 17 heavy (non-hydrogen) atoms. The molecule has 0 fully saturated rings. The summed E-state index contributed by atoms with van der Waals surface area (Å²) in [6.45, 7) is 4.11. The Kier molecular flexibility index (Phi) is 5.25. The van der Waals surface area contributed by atoms with Crippen molar-refractivity contribution >= 4 is 0 Å². The molecule has 0 spiro atoms. The smallest absolute Gasteiger partial charge is 0.127 e. The maximum atomic E-state index is 9.43. The minimum absolute atomic E-state index is 0.0286. The zero-order valence-electron chi connectivity index (χ0n) is 10.9. The predicted octanol–water partition coefficient (Wildman–Crippen LogP) is 1.74. The van der Waals surface area contributed by atoms with Crippen LogP contribution in [0.1, 0.15) is 25.5 Å². The number of ether oxygens (including phenoxy) is 2. The summed E-state index contributed by atoms with van der Waals surface area (Å²) >= 11 is 0. The van der Waals surface area contributed by atoms with E-state index < -0.39 is 0 Å². The molecule has 96 valence electrons. The van der Waals surface area contributed by atoms with Crippen LogP contribution < -0.4 is 14.8 Å². The van der Waals surface area contributed by atoms with Gasteiger partial charge in [-0.3, -0.25) is 0 Å². The molecule has 1 rings (SSSR count). The van der Waals surface area contributed by atoms with Crippen molar-refractivity contribution in [3.05, 3.63) is 23.8 Å². The summed E-state index contributed by atoms with van der Waals surface area (Å²) in [7, 11) is 3.23. The van der Waals surface area contributed by atoms with Crippen molar-refractivity contribution in [2.75, 3.05) is 20.8 Å². The molecule has 0 heterocycles. The highest BCUT2D eigenvalue weighted by Gasteiger charge is 2.16. The van der Waals surface area contributed by atoms with Crippen LogP contribution in [0.4, 0.5) is 0 Å². The summed E-state index contributed by atoms with van der Waals surface area (Å²) in [5.74, 6) is 1.46. The molecule has 0 bridgehead atoms. The van der Waals surface area contributed by atoms with Gasteiger partial charge >= 0.3 is 0 Å². The lowest BCUT2D eigenvalue weighted by molar-refractivity contribution is 0.234. The molecular formula is C13H21NO3. The molecule has 0 saturated carbocycles. The Morgan fingerprint density at radius 2 is 1.94 bits per heavy atom. The van der Waals surface area contributed by atoms with Crippen LogP contribution in [-0.2, 0) is 0 Å². The Morgan fingerprint density at radius 1 is 1.24 bits per heavy atom. The summed E-state index contributed by atoms with van der Waals surface area (Å²) in [5, 5.41) is 12.7. The zero-order valence-corrected chi connectivity index (χ0v) is 10.9. The van der Waals surface area contributed by atoms with Gasteiger partial charge < -0.3 is 19.9 Å². The largest absolute Gasteiger partial charge is 0.497 e. The Hall–Kier alpha value is -1.26. The van der Waals surface area contributed by atoms with E-state index in [0.29, 0.717) is 6.04 Å². The van der Waals surface area contributed by atoms with Gasteiger partial charge in [0.15, 0.2) is 0 Å². The molecule has 0 aromatic heterocycles. The van der Waals surface area contributed by atoms with E-state index in [1.54, 1.807) is 14.2 Å². The summed E-state index contributed by atoms with van der Waals surface area (Å²) in [6.07, 6.45) is 0. The Bertz CT molecular complexity index is 353. The standard InChI is InChI=1S/C13H21NO3/c1-9(2)14-12(8-15)11-6-5-10(16-3)7-13(11)17-4/h5-7,9,12,14-15H,8H2,1-4H3. The second-order valence-corrected chi connectivity index (χ2v) is 4.16. The number of aliphatic hydroxyl groups excluding tert-OH is 1. The fourth-order valence-electron chi connectivity index (χ4n) is 1.75. The number of benzene rings is 1. The third-order valence-electron chi connectivity index (χ3n) is 2.53. The van der Waals surface area contributed by atoms with Crippen LogP contribution in [0.2, 0.25) is 0 Å². The highest BCUT2D eigenvalue weighted by Crippen LogP contribution is 2.29. The van der Waals surface area contributed by atoms with Gasteiger partial charge in [-0.25, -0.2) is 0 Å². The second kappa shape index (κ2) is 6.47. The normalized spacial score (nSPS) is 12.6. The molecule has 4 heteroatoms. The number of hydrogen-bond acceptors (Lipinski definition) is 4. The van der Waals surface area contributed by atoms with Gasteiger partial charge in [0.1, 0.15) is 11.5 Å². The molecule has 1 aromatic rings. The van der Waals surface area contributed by atoms with Gasteiger partial charge in [-0.1, -0.05) is 13.8 Å². The maximum Gasteiger partial charge on any atom is 0.127 e. The minimum Gasteiger partial charge on any atom is -0.497 e. The fourth-order valence-corrected chi connectivity index (χ4v) is 1.75. The first-order valence-corrected chi connectivity index (χ1v) is 5.71. The average Bonchev–Trinajstić information content (AvgIpc) is 2.35. The van der Waals surface area contributed by atoms with Crippen molar-refractivity contribution in [1.82, 2.24) is 5.32 Å². The van der Waals surface area contributed by atoms with Gasteiger partial charge in [0.25, 0.3) is 0 Å². The number of hydrogen-bond donors (Lipinski definition) is 2. The number of nitrogens with one attached hydrogen (secondary N) is 1. The monoisotopic (exact) mass is 239 g/mol. The van der Waals surface area contributed by atoms with Crippen LogP contribution in [0, 0.1) is 0 Å². The van der Waals surface area contributed by atoms with Crippen molar-refractivity contribution < 1.29 is 14.6 Å². The van der Waals surface area contributed by atoms with Crippen molar-refractivity contribution in [3.63, 3.8) is 0 Å². The van der Waals surface area contributed by atoms with Gasteiger partial charge in [0, 0.05) is 17.7 Å². The van der Waals surface area contributed by atoms with Crippen molar-refractivity contribution in [2.45, 2.75) is 25.9 Å². The SMILES string of the molecule is COc1ccc(C(CO)NC(C)C)c(OC)c1. The number of aliphatic hydroxyl groups is 1. The number of methoxy groups -OCH3 is 2. The maximum absolute atomic E-state index is 9.43. The van der Waals surface area contributed by atoms with Crippen LogP contribution in [0.5, 0.6) is 11.5 Å². The third-order valence-corrected chi connectivity index (χ3v) is 2.53. The van der Waals surface area contributed by atoms with Gasteiger partial charge in [-0.05, 0) is 12.1 Å². The first-order valence-electron chi connectivity index (χ1n) is 5.71. The molecule has 0 saturated heterocycles. The van der Waals surface area contributed by atoms with Gasteiger partial charge in [-0.15, -0.1) is 0 Å². The summed E-state index contributed by atoms with van der Waals surface area (Å²) in [6, 6.07) is 5.76. The first-order chi connectivity index (χ1) is 8.12. The quantitative estimate of drug-likeness (QED) is 0.794. The van der Waals surface area contributed by atoms with E-state index in [1.807, 2.05) is 32.0 Å². The van der Waals surface area contributed by atoms with E-state index in [4.69, 9.17) is 9.47 Å². The molecule has 4 nitrogen and oxygen atoms in total. The lowest BCUT2D eigenvalue weighted by Gasteiger charge is -2.22. The van der Waals surface area contributed by atoms with E-state index >= 15 is 0 Å². The molecule has 0 aliphatic carbocycles. The Labute approximate surface area is 103 Å². The molecule has 0 amide bonds. The van der Waals surface area contributed by atoms with Crippen LogP contribution >= 0.6 is 0 Å². The van der Waals surface area contributed by atoms with Crippen LogP contribution in [0.15, 0.2) is 18.2 Å². The zero-order chi connectivity index (χ0) is 12.8. The summed E-state index contributed by atoms with van der Waals surface area (Å²) in [5.41, 5.74) is 0.935. The van der Waals surface area contributed by atoms with Gasteiger partial charge in [0.05, 0.1) is 26.9 Å². The van der Waals surface area contributed by atoms with Crippen LogP contribution in [0.3, 0.4) is 0 Å². The van der Waals surface area contributed by atoms with Gasteiger partial charge in [-0.2, -0.15) is 0 Å². The molecule has 0 aliphatic heterocycles. The van der Waals surface area contributed by atoms with E-state index in [-0.39, 0.29) is 12.6 Å². The van der Waals surface area contributed by atoms with E-state index in [2.05, 4.69) is 5.32 Å². The summed E-state index contributed by atoms with van der Waals surface area (Å²) in [4.78, 5) is 0. The van der Waals surface area contributed by atoms with E-state index in [0.717, 1.165) is 17.1 Å². The Morgan fingerprint density at radius 3 is 2.41 bits per heavy atom. The lowest BCUT2D eigenvalue weighted by Crippen LogP contribution is -2.30. The molecule has 1 atom stereocenters. The fraction of sp³-hybridized carbons (Fsp3) is 0.538. The van der Waals surface area contributed by atoms with Crippen LogP contribution in [0.25, 0.3) is 0 Å². The molecule has 0 aliphatic rings. The highest BCUT2D eigenvalue weighted by atomic mass is 16.5. The van der Waals surface area contributed by atoms with Crippen LogP contribution in [-0.4, -0.2) is 32.0 Å². The van der Waals surface area contributed by atoms with Crippen molar-refractivity contribution in [1.29, 1.82) is 0 Å². The van der Waals surface area contributed by atoms with Crippen molar-refractivity contribution in [3.8, 4) is 11.5 Å². The predicted molar refractivity (Wildman–Crippen MR) is 67.6 cm³/mol.